The summed E-state index contributed by atoms with van der Waals surface area (Å²) < 4.78 is 0.970. The van der Waals surface area contributed by atoms with Crippen LogP contribution in [0, 0.1) is 6.92 Å². The van der Waals surface area contributed by atoms with Gasteiger partial charge in [0.1, 0.15) is 5.82 Å². The number of nitrogens with one attached hydrogen (secondary N) is 1. The fraction of sp³-hybridized carbons (Fsp3) is 0.500. The number of hydrogen-bond acceptors (Lipinski definition) is 3. The molecule has 0 atom stereocenters. The van der Waals surface area contributed by atoms with Crippen molar-refractivity contribution in [2.75, 3.05) is 25.0 Å². The first-order valence-electron chi connectivity index (χ1n) is 5.72. The summed E-state index contributed by atoms with van der Waals surface area (Å²) in [6.07, 6.45) is 1.74. The number of pyridine rings is 1. The van der Waals surface area contributed by atoms with Crippen molar-refractivity contribution in [1.29, 1.82) is 0 Å². The van der Waals surface area contributed by atoms with E-state index >= 15 is 0 Å². The van der Waals surface area contributed by atoms with Crippen LogP contribution in [0.1, 0.15) is 19.4 Å². The molecule has 1 aromatic heterocycles. The van der Waals surface area contributed by atoms with E-state index in [0.29, 0.717) is 0 Å². The average Bonchev–Trinajstić information content (AvgIpc) is 2.32. The van der Waals surface area contributed by atoms with Crippen molar-refractivity contribution in [1.82, 2.24) is 9.88 Å². The SMILES string of the molecule is CCN(CC)C(=O)CNc1cc(C)c(Br)cn1. The minimum atomic E-state index is 0.0948. The molecule has 1 N–H and O–H groups in total. The Balaban J connectivity index is 2.55. The number of carbonyl (C=O) groups is 1. The van der Waals surface area contributed by atoms with E-state index in [-0.39, 0.29) is 12.5 Å². The van der Waals surface area contributed by atoms with Gasteiger partial charge in [-0.2, -0.15) is 0 Å². The number of anilines is 1. The summed E-state index contributed by atoms with van der Waals surface area (Å²) in [7, 11) is 0. The van der Waals surface area contributed by atoms with Crippen LogP contribution in [0.4, 0.5) is 5.82 Å². The fourth-order valence-corrected chi connectivity index (χ4v) is 1.71. The maximum Gasteiger partial charge on any atom is 0.241 e. The topological polar surface area (TPSA) is 45.2 Å². The average molecular weight is 300 g/mol. The van der Waals surface area contributed by atoms with Crippen LogP contribution in [-0.4, -0.2) is 35.4 Å². The fourth-order valence-electron chi connectivity index (χ4n) is 1.49. The smallest absolute Gasteiger partial charge is 0.241 e. The molecule has 0 saturated heterocycles. The second-order valence-electron chi connectivity index (χ2n) is 3.74. The third kappa shape index (κ3) is 4.00. The highest BCUT2D eigenvalue weighted by Gasteiger charge is 2.09. The maximum absolute atomic E-state index is 11.8. The van der Waals surface area contributed by atoms with Crippen LogP contribution in [0.15, 0.2) is 16.7 Å². The van der Waals surface area contributed by atoms with E-state index in [1.807, 2.05) is 26.8 Å². The first-order chi connectivity index (χ1) is 8.08. The van der Waals surface area contributed by atoms with E-state index in [9.17, 15) is 4.79 Å². The highest BCUT2D eigenvalue weighted by atomic mass is 79.9. The summed E-state index contributed by atoms with van der Waals surface area (Å²) in [6, 6.07) is 1.92. The molecule has 17 heavy (non-hydrogen) atoms. The van der Waals surface area contributed by atoms with Crippen molar-refractivity contribution in [3.63, 3.8) is 0 Å². The number of halogens is 1. The predicted molar refractivity (Wildman–Crippen MR) is 73.1 cm³/mol. The Morgan fingerprint density at radius 1 is 1.47 bits per heavy atom. The van der Waals surface area contributed by atoms with Gasteiger partial charge in [-0.3, -0.25) is 4.79 Å². The van der Waals surface area contributed by atoms with E-state index in [0.717, 1.165) is 28.9 Å². The van der Waals surface area contributed by atoms with Gasteiger partial charge in [0.2, 0.25) is 5.91 Å². The number of likely N-dealkylation sites (N-methyl/N-ethyl adjacent to an activating group) is 1. The summed E-state index contributed by atoms with van der Waals surface area (Å²) in [4.78, 5) is 17.7. The lowest BCUT2D eigenvalue weighted by molar-refractivity contribution is -0.128. The lowest BCUT2D eigenvalue weighted by atomic mass is 10.3. The third-order valence-corrected chi connectivity index (χ3v) is 3.41. The molecule has 1 amide bonds. The van der Waals surface area contributed by atoms with Gasteiger partial charge in [-0.25, -0.2) is 4.98 Å². The van der Waals surface area contributed by atoms with E-state index < -0.39 is 0 Å². The number of carbonyl (C=O) groups excluding carboxylic acids is 1. The number of amides is 1. The van der Waals surface area contributed by atoms with Crippen LogP contribution in [0.25, 0.3) is 0 Å². The highest BCUT2D eigenvalue weighted by Crippen LogP contribution is 2.16. The quantitative estimate of drug-likeness (QED) is 0.908. The van der Waals surface area contributed by atoms with E-state index in [1.54, 1.807) is 11.1 Å². The van der Waals surface area contributed by atoms with Gasteiger partial charge in [0.25, 0.3) is 0 Å². The number of aromatic nitrogens is 1. The summed E-state index contributed by atoms with van der Waals surface area (Å²) in [5.41, 5.74) is 1.10. The molecule has 1 rings (SSSR count). The third-order valence-electron chi connectivity index (χ3n) is 2.58. The zero-order valence-corrected chi connectivity index (χ0v) is 12.0. The van der Waals surface area contributed by atoms with Gasteiger partial charge in [0, 0.05) is 23.8 Å². The first-order valence-corrected chi connectivity index (χ1v) is 6.51. The highest BCUT2D eigenvalue weighted by molar-refractivity contribution is 9.10. The largest absolute Gasteiger partial charge is 0.361 e. The van der Waals surface area contributed by atoms with Gasteiger partial charge in [-0.15, -0.1) is 0 Å². The molecule has 0 radical (unpaired) electrons. The molecule has 0 unspecified atom stereocenters. The molecule has 94 valence electrons. The molecule has 1 heterocycles. The number of nitrogens with zero attached hydrogens (tertiary/aromatic N) is 2. The Hall–Kier alpha value is -1.10. The zero-order valence-electron chi connectivity index (χ0n) is 10.5. The lowest BCUT2D eigenvalue weighted by Gasteiger charge is -2.18. The Morgan fingerprint density at radius 3 is 2.65 bits per heavy atom. The zero-order chi connectivity index (χ0) is 12.8. The van der Waals surface area contributed by atoms with Gasteiger partial charge in [0.05, 0.1) is 6.54 Å². The van der Waals surface area contributed by atoms with Crippen molar-refractivity contribution in [2.45, 2.75) is 20.8 Å². The van der Waals surface area contributed by atoms with Gasteiger partial charge < -0.3 is 10.2 Å². The normalized spacial score (nSPS) is 10.1. The molecule has 0 spiro atoms. The summed E-state index contributed by atoms with van der Waals surface area (Å²) in [6.45, 7) is 7.71. The van der Waals surface area contributed by atoms with Crippen LogP contribution in [0.5, 0.6) is 0 Å². The number of hydrogen-bond donors (Lipinski definition) is 1. The standard InChI is InChI=1S/C12H18BrN3O/c1-4-16(5-2)12(17)8-15-11-6-9(3)10(13)7-14-11/h6-7H,4-5,8H2,1-3H3,(H,14,15). The van der Waals surface area contributed by atoms with Crippen molar-refractivity contribution in [3.8, 4) is 0 Å². The van der Waals surface area contributed by atoms with Crippen LogP contribution in [0.2, 0.25) is 0 Å². The van der Waals surface area contributed by atoms with Crippen molar-refractivity contribution >= 4 is 27.7 Å². The second-order valence-corrected chi connectivity index (χ2v) is 4.59. The molecule has 1 aromatic rings. The Bertz CT molecular complexity index is 391. The van der Waals surface area contributed by atoms with Gasteiger partial charge in [-0.1, -0.05) is 0 Å². The van der Waals surface area contributed by atoms with Gasteiger partial charge in [-0.05, 0) is 48.3 Å². The van der Waals surface area contributed by atoms with Crippen LogP contribution >= 0.6 is 15.9 Å². The molecule has 0 saturated carbocycles. The minimum Gasteiger partial charge on any atom is -0.361 e. The molecule has 0 aliphatic rings. The molecule has 0 bridgehead atoms. The van der Waals surface area contributed by atoms with E-state index in [4.69, 9.17) is 0 Å². The maximum atomic E-state index is 11.8. The molecule has 0 aliphatic heterocycles. The molecule has 4 nitrogen and oxygen atoms in total. The van der Waals surface area contributed by atoms with Crippen molar-refractivity contribution in [2.24, 2.45) is 0 Å². The molecule has 0 aliphatic carbocycles. The molecule has 0 fully saturated rings. The summed E-state index contributed by atoms with van der Waals surface area (Å²) in [5, 5.41) is 3.04. The molecular formula is C12H18BrN3O. The first kappa shape index (κ1) is 14.0. The van der Waals surface area contributed by atoms with Crippen LogP contribution < -0.4 is 5.32 Å². The monoisotopic (exact) mass is 299 g/mol. The minimum absolute atomic E-state index is 0.0948. The lowest BCUT2D eigenvalue weighted by Crippen LogP contribution is -2.35. The Labute approximate surface area is 111 Å². The molecular weight excluding hydrogens is 282 g/mol. The molecule has 5 heteroatoms. The summed E-state index contributed by atoms with van der Waals surface area (Å²) in [5.74, 6) is 0.823. The van der Waals surface area contributed by atoms with Crippen LogP contribution in [-0.2, 0) is 4.79 Å². The van der Waals surface area contributed by atoms with Crippen LogP contribution in [0.3, 0.4) is 0 Å². The van der Waals surface area contributed by atoms with Gasteiger partial charge in [0.15, 0.2) is 0 Å². The summed E-state index contributed by atoms with van der Waals surface area (Å²) >= 11 is 3.39. The molecule has 0 aromatic carbocycles. The van der Waals surface area contributed by atoms with Gasteiger partial charge >= 0.3 is 0 Å². The Morgan fingerprint density at radius 2 is 2.12 bits per heavy atom. The second kappa shape index (κ2) is 6.59. The van der Waals surface area contributed by atoms with Crippen molar-refractivity contribution in [3.05, 3.63) is 22.3 Å². The number of aryl methyl sites for hydroxylation is 1. The predicted octanol–water partition coefficient (Wildman–Crippen LogP) is 2.43. The number of rotatable bonds is 5. The van der Waals surface area contributed by atoms with E-state index in [1.165, 1.54) is 0 Å². The van der Waals surface area contributed by atoms with Crippen molar-refractivity contribution < 1.29 is 4.79 Å². The van der Waals surface area contributed by atoms with E-state index in [2.05, 4.69) is 26.2 Å². The Kier molecular flexibility index (Phi) is 5.41.